The Hall–Kier alpha value is -1.11. The number of aryl methyl sites for hydroxylation is 1. The summed E-state index contributed by atoms with van der Waals surface area (Å²) in [5.74, 6) is 0. The molecule has 106 valence electrons. The number of sulfonamides is 1. The summed E-state index contributed by atoms with van der Waals surface area (Å²) in [6, 6.07) is 5.12. The molecule has 0 saturated carbocycles. The normalized spacial score (nSPS) is 20.8. The summed E-state index contributed by atoms with van der Waals surface area (Å²) >= 11 is 0. The van der Waals surface area contributed by atoms with Gasteiger partial charge in [-0.3, -0.25) is 0 Å². The number of hydrogen-bond acceptors (Lipinski definition) is 4. The van der Waals surface area contributed by atoms with E-state index in [0.717, 1.165) is 24.9 Å². The summed E-state index contributed by atoms with van der Waals surface area (Å²) in [5, 5.41) is 0. The zero-order valence-corrected chi connectivity index (χ0v) is 12.2. The van der Waals surface area contributed by atoms with Gasteiger partial charge in [0.25, 0.3) is 0 Å². The van der Waals surface area contributed by atoms with Gasteiger partial charge in [0.15, 0.2) is 0 Å². The quantitative estimate of drug-likeness (QED) is 0.807. The SMILES string of the molecule is Cc1ccc(S(=O)(=O)NCC2CCCN2C)cc1N. The summed E-state index contributed by atoms with van der Waals surface area (Å²) in [6.45, 7) is 3.34. The first kappa shape index (κ1) is 14.3. The first-order chi connectivity index (χ1) is 8.90. The van der Waals surface area contributed by atoms with Crippen LogP contribution in [0.3, 0.4) is 0 Å². The first-order valence-electron chi connectivity index (χ1n) is 6.46. The number of anilines is 1. The Bertz CT molecular complexity index is 557. The maximum Gasteiger partial charge on any atom is 0.240 e. The van der Waals surface area contributed by atoms with E-state index in [1.54, 1.807) is 12.1 Å². The van der Waals surface area contributed by atoms with Gasteiger partial charge in [-0.2, -0.15) is 0 Å². The predicted octanol–water partition coefficient (Wildman–Crippen LogP) is 0.950. The molecule has 1 aliphatic rings. The van der Waals surface area contributed by atoms with Crippen LogP contribution in [0.1, 0.15) is 18.4 Å². The van der Waals surface area contributed by atoms with Crippen molar-refractivity contribution in [2.75, 3.05) is 25.9 Å². The molecule has 0 amide bonds. The van der Waals surface area contributed by atoms with E-state index in [0.29, 0.717) is 12.2 Å². The molecule has 6 heteroatoms. The summed E-state index contributed by atoms with van der Waals surface area (Å²) in [4.78, 5) is 2.42. The summed E-state index contributed by atoms with van der Waals surface area (Å²) < 4.78 is 27.0. The molecule has 0 aliphatic carbocycles. The minimum Gasteiger partial charge on any atom is -0.398 e. The molecule has 1 heterocycles. The summed E-state index contributed by atoms with van der Waals surface area (Å²) in [6.07, 6.45) is 2.16. The van der Waals surface area contributed by atoms with E-state index >= 15 is 0 Å². The van der Waals surface area contributed by atoms with Crippen LogP contribution in [0.5, 0.6) is 0 Å². The van der Waals surface area contributed by atoms with E-state index in [4.69, 9.17) is 5.73 Å². The molecule has 1 saturated heterocycles. The van der Waals surface area contributed by atoms with Crippen LogP contribution in [0.2, 0.25) is 0 Å². The molecule has 0 bridgehead atoms. The molecular weight excluding hydrogens is 262 g/mol. The van der Waals surface area contributed by atoms with Gasteiger partial charge in [0, 0.05) is 18.3 Å². The van der Waals surface area contributed by atoms with Crippen LogP contribution < -0.4 is 10.5 Å². The van der Waals surface area contributed by atoms with Gasteiger partial charge in [0.2, 0.25) is 10.0 Å². The maximum atomic E-state index is 12.2. The number of nitrogen functional groups attached to an aromatic ring is 1. The van der Waals surface area contributed by atoms with Crippen LogP contribution in [-0.2, 0) is 10.0 Å². The molecule has 0 spiro atoms. The highest BCUT2D eigenvalue weighted by Gasteiger charge is 2.23. The average Bonchev–Trinajstić information content (AvgIpc) is 2.76. The van der Waals surface area contributed by atoms with Gasteiger partial charge in [-0.15, -0.1) is 0 Å². The molecule has 5 nitrogen and oxygen atoms in total. The highest BCUT2D eigenvalue weighted by Crippen LogP contribution is 2.18. The van der Waals surface area contributed by atoms with E-state index in [1.165, 1.54) is 6.07 Å². The number of hydrogen-bond donors (Lipinski definition) is 2. The van der Waals surface area contributed by atoms with Crippen molar-refractivity contribution in [3.05, 3.63) is 23.8 Å². The number of likely N-dealkylation sites (N-methyl/N-ethyl adjacent to an activating group) is 1. The van der Waals surface area contributed by atoms with Crippen molar-refractivity contribution in [3.63, 3.8) is 0 Å². The second kappa shape index (κ2) is 5.48. The topological polar surface area (TPSA) is 75.4 Å². The lowest BCUT2D eigenvalue weighted by Crippen LogP contribution is -2.38. The number of nitrogens with one attached hydrogen (secondary N) is 1. The number of nitrogens with zero attached hydrogens (tertiary/aromatic N) is 1. The van der Waals surface area contributed by atoms with Gasteiger partial charge in [-0.05, 0) is 51.1 Å². The van der Waals surface area contributed by atoms with E-state index in [2.05, 4.69) is 9.62 Å². The van der Waals surface area contributed by atoms with Crippen molar-refractivity contribution in [2.45, 2.75) is 30.7 Å². The van der Waals surface area contributed by atoms with Crippen molar-refractivity contribution in [3.8, 4) is 0 Å². The first-order valence-corrected chi connectivity index (χ1v) is 7.94. The smallest absolute Gasteiger partial charge is 0.240 e. The van der Waals surface area contributed by atoms with Crippen molar-refractivity contribution in [1.82, 2.24) is 9.62 Å². The maximum absolute atomic E-state index is 12.2. The zero-order valence-electron chi connectivity index (χ0n) is 11.4. The van der Waals surface area contributed by atoms with Crippen LogP contribution in [0.4, 0.5) is 5.69 Å². The van der Waals surface area contributed by atoms with E-state index in [1.807, 2.05) is 14.0 Å². The Balaban J connectivity index is 2.07. The van der Waals surface area contributed by atoms with Crippen molar-refractivity contribution < 1.29 is 8.42 Å². The molecule has 1 unspecified atom stereocenters. The van der Waals surface area contributed by atoms with Crippen LogP contribution in [0, 0.1) is 6.92 Å². The zero-order chi connectivity index (χ0) is 14.0. The average molecular weight is 283 g/mol. The number of rotatable bonds is 4. The lowest BCUT2D eigenvalue weighted by molar-refractivity contribution is 0.311. The molecule has 2 rings (SSSR count). The Morgan fingerprint density at radius 3 is 2.79 bits per heavy atom. The number of likely N-dealkylation sites (tertiary alicyclic amines) is 1. The molecular formula is C13H21N3O2S. The third-order valence-electron chi connectivity index (χ3n) is 3.74. The third kappa shape index (κ3) is 3.26. The monoisotopic (exact) mass is 283 g/mol. The van der Waals surface area contributed by atoms with Crippen molar-refractivity contribution in [2.24, 2.45) is 0 Å². The second-order valence-electron chi connectivity index (χ2n) is 5.15. The Morgan fingerprint density at radius 2 is 2.21 bits per heavy atom. The Labute approximate surface area is 114 Å². The van der Waals surface area contributed by atoms with E-state index in [9.17, 15) is 8.42 Å². The standard InChI is InChI=1S/C13H21N3O2S/c1-10-5-6-12(8-13(10)14)19(17,18)15-9-11-4-3-7-16(11)2/h5-6,8,11,15H,3-4,7,9,14H2,1-2H3. The summed E-state index contributed by atoms with van der Waals surface area (Å²) in [5.41, 5.74) is 7.14. The second-order valence-corrected chi connectivity index (χ2v) is 6.91. The Morgan fingerprint density at radius 1 is 1.47 bits per heavy atom. The van der Waals surface area contributed by atoms with Crippen LogP contribution in [0.15, 0.2) is 23.1 Å². The predicted molar refractivity (Wildman–Crippen MR) is 76.4 cm³/mol. The van der Waals surface area contributed by atoms with Crippen LogP contribution in [0.25, 0.3) is 0 Å². The van der Waals surface area contributed by atoms with Gasteiger partial charge < -0.3 is 10.6 Å². The van der Waals surface area contributed by atoms with Gasteiger partial charge in [0.05, 0.1) is 4.90 Å². The van der Waals surface area contributed by atoms with Gasteiger partial charge in [-0.25, -0.2) is 13.1 Å². The van der Waals surface area contributed by atoms with Crippen molar-refractivity contribution >= 4 is 15.7 Å². The fourth-order valence-electron chi connectivity index (χ4n) is 2.31. The minimum atomic E-state index is -3.47. The number of benzene rings is 1. The van der Waals surface area contributed by atoms with Gasteiger partial charge in [-0.1, -0.05) is 6.07 Å². The Kier molecular flexibility index (Phi) is 4.13. The lowest BCUT2D eigenvalue weighted by atomic mass is 10.2. The molecule has 1 aromatic rings. The fraction of sp³-hybridized carbons (Fsp3) is 0.538. The molecule has 19 heavy (non-hydrogen) atoms. The third-order valence-corrected chi connectivity index (χ3v) is 5.16. The van der Waals surface area contributed by atoms with E-state index < -0.39 is 10.0 Å². The van der Waals surface area contributed by atoms with Gasteiger partial charge >= 0.3 is 0 Å². The lowest BCUT2D eigenvalue weighted by Gasteiger charge is -2.19. The van der Waals surface area contributed by atoms with Crippen molar-refractivity contribution in [1.29, 1.82) is 0 Å². The molecule has 1 atom stereocenters. The molecule has 0 radical (unpaired) electrons. The van der Waals surface area contributed by atoms with Crippen LogP contribution in [-0.4, -0.2) is 39.5 Å². The van der Waals surface area contributed by atoms with Crippen LogP contribution >= 0.6 is 0 Å². The fourth-order valence-corrected chi connectivity index (χ4v) is 3.42. The molecule has 1 aliphatic heterocycles. The molecule has 3 N–H and O–H groups in total. The summed E-state index contributed by atoms with van der Waals surface area (Å²) in [7, 11) is -1.44. The highest BCUT2D eigenvalue weighted by molar-refractivity contribution is 7.89. The minimum absolute atomic E-state index is 0.233. The molecule has 1 aromatic carbocycles. The molecule has 1 fully saturated rings. The largest absolute Gasteiger partial charge is 0.398 e. The highest BCUT2D eigenvalue weighted by atomic mass is 32.2. The van der Waals surface area contributed by atoms with Gasteiger partial charge in [0.1, 0.15) is 0 Å². The van der Waals surface area contributed by atoms with E-state index in [-0.39, 0.29) is 10.9 Å². The number of nitrogens with two attached hydrogens (primary N) is 1. The molecule has 0 aromatic heterocycles.